The molecule has 34 heavy (non-hydrogen) atoms. The van der Waals surface area contributed by atoms with E-state index in [1.807, 2.05) is 0 Å². The third kappa shape index (κ3) is 5.43. The van der Waals surface area contributed by atoms with Crippen LogP contribution in [0.2, 0.25) is 5.02 Å². The van der Waals surface area contributed by atoms with Crippen molar-refractivity contribution in [3.63, 3.8) is 0 Å². The number of ether oxygens (including phenoxy) is 3. The van der Waals surface area contributed by atoms with E-state index in [1.54, 1.807) is 23.6 Å². The Labute approximate surface area is 204 Å². The van der Waals surface area contributed by atoms with Crippen molar-refractivity contribution >= 4 is 54.9 Å². The van der Waals surface area contributed by atoms with Gasteiger partial charge >= 0.3 is 5.97 Å². The topological polar surface area (TPSA) is 113 Å². The predicted octanol–water partition coefficient (Wildman–Crippen LogP) is 2.98. The van der Waals surface area contributed by atoms with Gasteiger partial charge in [0, 0.05) is 23.7 Å². The van der Waals surface area contributed by atoms with Gasteiger partial charge in [0.1, 0.15) is 19.0 Å². The van der Waals surface area contributed by atoms with Gasteiger partial charge in [0.05, 0.1) is 28.1 Å². The van der Waals surface area contributed by atoms with Crippen molar-refractivity contribution in [1.82, 2.24) is 4.57 Å². The first-order valence-electron chi connectivity index (χ1n) is 10.4. The molecule has 0 unspecified atom stereocenters. The minimum atomic E-state index is -3.91. The molecule has 0 spiro atoms. The zero-order valence-corrected chi connectivity index (χ0v) is 20.5. The van der Waals surface area contributed by atoms with E-state index in [9.17, 15) is 18.0 Å². The second-order valence-electron chi connectivity index (χ2n) is 7.27. The van der Waals surface area contributed by atoms with Gasteiger partial charge in [-0.2, -0.15) is 4.99 Å². The molecule has 9 nitrogen and oxygen atoms in total. The molecule has 0 saturated carbocycles. The normalized spacial score (nSPS) is 13.8. The number of aryl methyl sites for hydroxylation is 1. The number of halogens is 1. The number of sulfone groups is 1. The average Bonchev–Trinajstić information content (AvgIpc) is 3.11. The van der Waals surface area contributed by atoms with Gasteiger partial charge in [-0.3, -0.25) is 9.59 Å². The van der Waals surface area contributed by atoms with Crippen LogP contribution in [0, 0.1) is 0 Å². The van der Waals surface area contributed by atoms with Crippen LogP contribution < -0.4 is 14.3 Å². The predicted molar refractivity (Wildman–Crippen MR) is 126 cm³/mol. The van der Waals surface area contributed by atoms with E-state index in [0.717, 1.165) is 4.70 Å². The number of amides is 1. The highest BCUT2D eigenvalue weighted by molar-refractivity contribution is 7.92. The summed E-state index contributed by atoms with van der Waals surface area (Å²) in [5, 5.41) is 0.388. The number of thiazole rings is 1. The zero-order chi connectivity index (χ0) is 24.3. The summed E-state index contributed by atoms with van der Waals surface area (Å²) in [6, 6.07) is 9.11. The average molecular weight is 525 g/mol. The van der Waals surface area contributed by atoms with Crippen molar-refractivity contribution < 1.29 is 32.2 Å². The van der Waals surface area contributed by atoms with Gasteiger partial charge in [0.25, 0.3) is 5.91 Å². The Morgan fingerprint density at radius 3 is 2.50 bits per heavy atom. The highest BCUT2D eigenvalue weighted by Gasteiger charge is 2.21. The van der Waals surface area contributed by atoms with E-state index in [1.165, 1.54) is 35.6 Å². The molecule has 1 aliphatic heterocycles. The number of hydrogen-bond donors (Lipinski definition) is 0. The fourth-order valence-corrected chi connectivity index (χ4v) is 5.69. The van der Waals surface area contributed by atoms with Gasteiger partial charge in [-0.25, -0.2) is 8.42 Å². The molecule has 180 valence electrons. The van der Waals surface area contributed by atoms with Crippen LogP contribution in [-0.2, 0) is 30.7 Å². The Kier molecular flexibility index (Phi) is 7.24. The van der Waals surface area contributed by atoms with Gasteiger partial charge in [-0.05, 0) is 31.2 Å². The number of hydrogen-bond acceptors (Lipinski definition) is 8. The summed E-state index contributed by atoms with van der Waals surface area (Å²) >= 11 is 7.01. The van der Waals surface area contributed by atoms with Crippen LogP contribution in [0.4, 0.5) is 0 Å². The molecule has 0 radical (unpaired) electrons. The zero-order valence-electron chi connectivity index (χ0n) is 18.2. The second-order valence-corrected chi connectivity index (χ2v) is 10.7. The number of benzene rings is 2. The molecule has 2 aromatic carbocycles. The van der Waals surface area contributed by atoms with Crippen molar-refractivity contribution in [1.29, 1.82) is 0 Å². The number of aromatic nitrogens is 1. The van der Waals surface area contributed by atoms with Gasteiger partial charge in [0.2, 0.25) is 0 Å². The van der Waals surface area contributed by atoms with Crippen molar-refractivity contribution in [3.05, 3.63) is 46.2 Å². The molecule has 0 fully saturated rings. The first-order valence-corrected chi connectivity index (χ1v) is 13.3. The van der Waals surface area contributed by atoms with E-state index in [0.29, 0.717) is 35.3 Å². The Morgan fingerprint density at radius 2 is 1.82 bits per heavy atom. The monoisotopic (exact) mass is 524 g/mol. The van der Waals surface area contributed by atoms with Gasteiger partial charge < -0.3 is 18.8 Å². The quantitative estimate of drug-likeness (QED) is 0.436. The molecule has 1 aliphatic rings. The molecule has 0 saturated heterocycles. The van der Waals surface area contributed by atoms with Crippen LogP contribution in [0.25, 0.3) is 10.2 Å². The van der Waals surface area contributed by atoms with E-state index in [2.05, 4.69) is 4.99 Å². The molecular formula is C22H21ClN2O7S2. The maximum absolute atomic E-state index is 12.7. The molecule has 1 amide bonds. The van der Waals surface area contributed by atoms with E-state index in [-0.39, 0.29) is 29.3 Å². The maximum Gasteiger partial charge on any atom is 0.307 e. The third-order valence-electron chi connectivity index (χ3n) is 4.90. The minimum absolute atomic E-state index is 0.0195. The largest absolute Gasteiger partial charge is 0.486 e. The van der Waals surface area contributed by atoms with Gasteiger partial charge in [-0.15, -0.1) is 0 Å². The molecule has 12 heteroatoms. The SMILES string of the molecule is CCOC(=O)CCn1c(=NC(=O)CS(=O)(=O)c2ccc(Cl)cc2)sc2cc3c(cc21)OCCO3. The number of carbonyl (C=O) groups excluding carboxylic acids is 2. The number of fused-ring (bicyclic) bond motifs is 2. The summed E-state index contributed by atoms with van der Waals surface area (Å²) in [4.78, 5) is 28.9. The first kappa shape index (κ1) is 24.2. The summed E-state index contributed by atoms with van der Waals surface area (Å²) in [7, 11) is -3.91. The van der Waals surface area contributed by atoms with Crippen LogP contribution in [0.1, 0.15) is 13.3 Å². The summed E-state index contributed by atoms with van der Waals surface area (Å²) in [5.74, 6) is -0.910. The van der Waals surface area contributed by atoms with Crippen LogP contribution in [-0.4, -0.2) is 50.4 Å². The maximum atomic E-state index is 12.7. The standard InChI is InChI=1S/C22H21ClN2O7S2/c1-2-30-21(27)7-8-25-16-11-17-18(32-10-9-31-17)12-19(16)33-22(25)24-20(26)13-34(28,29)15-5-3-14(23)4-6-15/h3-6,11-12H,2,7-10,13H2,1H3. The molecule has 0 bridgehead atoms. The lowest BCUT2D eigenvalue weighted by atomic mass is 10.2. The third-order valence-corrected chi connectivity index (χ3v) is 7.81. The Hall–Kier alpha value is -2.89. The van der Waals surface area contributed by atoms with Gasteiger partial charge in [-0.1, -0.05) is 22.9 Å². The summed E-state index contributed by atoms with van der Waals surface area (Å²) in [6.45, 7) is 2.99. The first-order chi connectivity index (χ1) is 16.3. The van der Waals surface area contributed by atoms with Crippen molar-refractivity contribution in [2.75, 3.05) is 25.6 Å². The smallest absolute Gasteiger partial charge is 0.307 e. The highest BCUT2D eigenvalue weighted by Crippen LogP contribution is 2.35. The van der Waals surface area contributed by atoms with Crippen molar-refractivity contribution in [3.8, 4) is 11.5 Å². The second kappa shape index (κ2) is 10.2. The Morgan fingerprint density at radius 1 is 1.15 bits per heavy atom. The fourth-order valence-electron chi connectivity index (χ4n) is 3.37. The molecule has 0 aliphatic carbocycles. The summed E-state index contributed by atoms with van der Waals surface area (Å²) < 4.78 is 44.0. The molecule has 1 aromatic heterocycles. The molecule has 0 N–H and O–H groups in total. The number of nitrogens with zero attached hydrogens (tertiary/aromatic N) is 2. The Balaban J connectivity index is 1.70. The van der Waals surface area contributed by atoms with E-state index >= 15 is 0 Å². The van der Waals surface area contributed by atoms with E-state index < -0.39 is 27.5 Å². The number of esters is 1. The van der Waals surface area contributed by atoms with Crippen molar-refractivity contribution in [2.45, 2.75) is 24.8 Å². The lowest BCUT2D eigenvalue weighted by Gasteiger charge is -2.18. The molecule has 3 aromatic rings. The minimum Gasteiger partial charge on any atom is -0.486 e. The van der Waals surface area contributed by atoms with E-state index in [4.69, 9.17) is 25.8 Å². The highest BCUT2D eigenvalue weighted by atomic mass is 35.5. The lowest BCUT2D eigenvalue weighted by Crippen LogP contribution is -2.22. The number of rotatable bonds is 7. The lowest BCUT2D eigenvalue weighted by molar-refractivity contribution is -0.143. The van der Waals surface area contributed by atoms with Crippen LogP contribution in [0.15, 0.2) is 46.3 Å². The molecule has 0 atom stereocenters. The summed E-state index contributed by atoms with van der Waals surface area (Å²) in [5.41, 5.74) is 0.686. The van der Waals surface area contributed by atoms with Crippen LogP contribution >= 0.6 is 22.9 Å². The molecule has 4 rings (SSSR count). The molecule has 2 heterocycles. The number of carbonyl (C=O) groups is 2. The van der Waals surface area contributed by atoms with Crippen LogP contribution in [0.3, 0.4) is 0 Å². The summed E-state index contributed by atoms with van der Waals surface area (Å²) in [6.07, 6.45) is 0.0541. The molecular weight excluding hydrogens is 504 g/mol. The Bertz CT molecular complexity index is 1410. The fraction of sp³-hybridized carbons (Fsp3) is 0.318. The van der Waals surface area contributed by atoms with Crippen LogP contribution in [0.5, 0.6) is 11.5 Å². The van der Waals surface area contributed by atoms with Crippen molar-refractivity contribution in [2.24, 2.45) is 4.99 Å². The van der Waals surface area contributed by atoms with Gasteiger partial charge in [0.15, 0.2) is 26.1 Å².